The van der Waals surface area contributed by atoms with E-state index in [0.717, 1.165) is 28.5 Å². The van der Waals surface area contributed by atoms with Crippen LogP contribution in [0.4, 0.5) is 5.69 Å². The molecule has 1 aliphatic rings. The van der Waals surface area contributed by atoms with Gasteiger partial charge >= 0.3 is 0 Å². The van der Waals surface area contributed by atoms with Crippen molar-refractivity contribution in [2.45, 2.75) is 26.9 Å². The Balaban J connectivity index is 1.50. The Morgan fingerprint density at radius 2 is 1.69 bits per heavy atom. The van der Waals surface area contributed by atoms with E-state index in [9.17, 15) is 4.79 Å². The first-order chi connectivity index (χ1) is 15.4. The van der Waals surface area contributed by atoms with Gasteiger partial charge in [0.1, 0.15) is 5.82 Å². The molecule has 0 aliphatic carbocycles. The van der Waals surface area contributed by atoms with E-state index in [1.807, 2.05) is 77.4 Å². The third kappa shape index (κ3) is 3.38. The first kappa shape index (κ1) is 20.1. The van der Waals surface area contributed by atoms with Crippen molar-refractivity contribution in [2.75, 3.05) is 19.0 Å². The molecule has 0 atom stereocenters. The van der Waals surface area contributed by atoms with Crippen molar-refractivity contribution in [2.24, 2.45) is 0 Å². The van der Waals surface area contributed by atoms with Gasteiger partial charge < -0.3 is 14.4 Å². The van der Waals surface area contributed by atoms with E-state index < -0.39 is 0 Å². The minimum absolute atomic E-state index is 0.0322. The van der Waals surface area contributed by atoms with Gasteiger partial charge in [0.05, 0.1) is 24.5 Å². The lowest BCUT2D eigenvalue weighted by Crippen LogP contribution is -2.26. The number of aryl methyl sites for hydroxylation is 2. The zero-order chi connectivity index (χ0) is 22.4. The summed E-state index contributed by atoms with van der Waals surface area (Å²) in [7, 11) is 3.99. The molecule has 6 heteroatoms. The molecule has 1 aliphatic heterocycles. The number of anilines is 1. The van der Waals surface area contributed by atoms with Gasteiger partial charge in [-0.25, -0.2) is 4.68 Å². The summed E-state index contributed by atoms with van der Waals surface area (Å²) in [6.45, 7) is 5.26. The first-order valence-corrected chi connectivity index (χ1v) is 10.8. The average molecular weight is 426 g/mol. The number of rotatable bonds is 4. The maximum atomic E-state index is 13.2. The SMILES string of the molecule is Cc1ccc(-n2nc3c(c2-n2cccc2)CN(C(=O)c2ccc(N(C)C)cc2)C3)c(C)c1. The van der Waals surface area contributed by atoms with Crippen molar-refractivity contribution >= 4 is 11.6 Å². The smallest absolute Gasteiger partial charge is 0.254 e. The van der Waals surface area contributed by atoms with Crippen LogP contribution in [-0.2, 0) is 13.1 Å². The first-order valence-electron chi connectivity index (χ1n) is 10.8. The largest absolute Gasteiger partial charge is 0.378 e. The van der Waals surface area contributed by atoms with Crippen molar-refractivity contribution in [3.05, 3.63) is 94.9 Å². The van der Waals surface area contributed by atoms with E-state index in [-0.39, 0.29) is 5.91 Å². The zero-order valence-electron chi connectivity index (χ0n) is 18.9. The van der Waals surface area contributed by atoms with Gasteiger partial charge in [0.25, 0.3) is 5.91 Å². The summed E-state index contributed by atoms with van der Waals surface area (Å²) in [5.74, 6) is 1.03. The number of carbonyl (C=O) groups excluding carboxylic acids is 1. The lowest BCUT2D eigenvalue weighted by Gasteiger charge is -2.19. The number of hydrogen-bond donors (Lipinski definition) is 0. The number of benzene rings is 2. The van der Waals surface area contributed by atoms with Gasteiger partial charge in [0, 0.05) is 43.3 Å². The van der Waals surface area contributed by atoms with Crippen LogP contribution in [-0.4, -0.2) is 39.3 Å². The van der Waals surface area contributed by atoms with Crippen LogP contribution in [0.25, 0.3) is 11.5 Å². The molecule has 0 fully saturated rings. The fraction of sp³-hybridized carbons (Fsp3) is 0.231. The summed E-state index contributed by atoms with van der Waals surface area (Å²) < 4.78 is 4.11. The number of hydrogen-bond acceptors (Lipinski definition) is 3. The summed E-state index contributed by atoms with van der Waals surface area (Å²) in [6, 6.07) is 18.2. The summed E-state index contributed by atoms with van der Waals surface area (Å²) >= 11 is 0. The molecule has 4 aromatic rings. The quantitative estimate of drug-likeness (QED) is 0.484. The fourth-order valence-corrected chi connectivity index (χ4v) is 4.38. The van der Waals surface area contributed by atoms with Crippen molar-refractivity contribution in [1.82, 2.24) is 19.2 Å². The van der Waals surface area contributed by atoms with Gasteiger partial charge in [-0.1, -0.05) is 17.7 Å². The van der Waals surface area contributed by atoms with E-state index in [1.165, 1.54) is 11.1 Å². The number of amides is 1. The monoisotopic (exact) mass is 425 g/mol. The highest BCUT2D eigenvalue weighted by molar-refractivity contribution is 5.95. The van der Waals surface area contributed by atoms with Crippen LogP contribution in [0, 0.1) is 13.8 Å². The topological polar surface area (TPSA) is 46.3 Å². The van der Waals surface area contributed by atoms with Gasteiger partial charge in [0.15, 0.2) is 0 Å². The number of nitrogens with zero attached hydrogens (tertiary/aromatic N) is 5. The van der Waals surface area contributed by atoms with E-state index in [2.05, 4.69) is 36.6 Å². The second-order valence-electron chi connectivity index (χ2n) is 8.64. The molecule has 0 saturated heterocycles. The van der Waals surface area contributed by atoms with Gasteiger partial charge in [-0.3, -0.25) is 4.79 Å². The van der Waals surface area contributed by atoms with Crippen LogP contribution in [0.3, 0.4) is 0 Å². The highest BCUT2D eigenvalue weighted by Gasteiger charge is 2.32. The minimum atomic E-state index is 0.0322. The van der Waals surface area contributed by atoms with E-state index >= 15 is 0 Å². The Morgan fingerprint density at radius 3 is 2.34 bits per heavy atom. The van der Waals surface area contributed by atoms with Crippen molar-refractivity contribution in [3.8, 4) is 11.5 Å². The van der Waals surface area contributed by atoms with Crippen LogP contribution < -0.4 is 4.90 Å². The molecule has 2 aromatic heterocycles. The van der Waals surface area contributed by atoms with E-state index in [1.54, 1.807) is 0 Å². The predicted molar refractivity (Wildman–Crippen MR) is 127 cm³/mol. The molecule has 6 nitrogen and oxygen atoms in total. The molecule has 2 aromatic carbocycles. The van der Waals surface area contributed by atoms with Crippen LogP contribution in [0.1, 0.15) is 32.7 Å². The second kappa shape index (κ2) is 7.71. The maximum Gasteiger partial charge on any atom is 0.254 e. The molecule has 0 radical (unpaired) electrons. The van der Waals surface area contributed by atoms with Crippen LogP contribution in [0.2, 0.25) is 0 Å². The summed E-state index contributed by atoms with van der Waals surface area (Å²) in [5.41, 5.74) is 7.28. The average Bonchev–Trinajstić information content (AvgIpc) is 3.49. The minimum Gasteiger partial charge on any atom is -0.378 e. The lowest BCUT2D eigenvalue weighted by molar-refractivity contribution is 0.0749. The highest BCUT2D eigenvalue weighted by atomic mass is 16.2. The van der Waals surface area contributed by atoms with Crippen LogP contribution >= 0.6 is 0 Å². The number of carbonyl (C=O) groups is 1. The molecule has 0 bridgehead atoms. The fourth-order valence-electron chi connectivity index (χ4n) is 4.38. The van der Waals surface area contributed by atoms with Gasteiger partial charge in [-0.05, 0) is 61.9 Å². The molecule has 1 amide bonds. The van der Waals surface area contributed by atoms with E-state index in [4.69, 9.17) is 5.10 Å². The molecule has 0 N–H and O–H groups in total. The van der Waals surface area contributed by atoms with E-state index in [0.29, 0.717) is 18.7 Å². The Kier molecular flexibility index (Phi) is 4.85. The second-order valence-corrected chi connectivity index (χ2v) is 8.64. The summed E-state index contributed by atoms with van der Waals surface area (Å²) in [4.78, 5) is 17.1. The molecule has 5 rings (SSSR count). The molecule has 0 spiro atoms. The molecular formula is C26H27N5O. The molecule has 3 heterocycles. The van der Waals surface area contributed by atoms with Crippen molar-refractivity contribution in [3.63, 3.8) is 0 Å². The molecule has 0 unspecified atom stereocenters. The Bertz CT molecular complexity index is 1280. The summed E-state index contributed by atoms with van der Waals surface area (Å²) in [6.07, 6.45) is 4.06. The van der Waals surface area contributed by atoms with Gasteiger partial charge in [-0.15, -0.1) is 0 Å². The zero-order valence-corrected chi connectivity index (χ0v) is 18.9. The lowest BCUT2D eigenvalue weighted by atomic mass is 10.1. The molecular weight excluding hydrogens is 398 g/mol. The standard InChI is InChI=1S/C26H27N5O/c1-18-7-12-24(19(2)15-18)31-25(29-13-5-6-14-29)22-16-30(17-23(22)27-31)26(32)20-8-10-21(11-9-20)28(3)4/h5-15H,16-17H2,1-4H3. The third-order valence-electron chi connectivity index (χ3n) is 6.08. The Morgan fingerprint density at radius 1 is 0.969 bits per heavy atom. The normalized spacial score (nSPS) is 12.8. The number of fused-ring (bicyclic) bond motifs is 1. The summed E-state index contributed by atoms with van der Waals surface area (Å²) in [5, 5.41) is 4.97. The number of aromatic nitrogens is 3. The van der Waals surface area contributed by atoms with Crippen molar-refractivity contribution in [1.29, 1.82) is 0 Å². The van der Waals surface area contributed by atoms with Gasteiger partial charge in [0.2, 0.25) is 0 Å². The van der Waals surface area contributed by atoms with Crippen LogP contribution in [0.15, 0.2) is 67.0 Å². The highest BCUT2D eigenvalue weighted by Crippen LogP contribution is 2.32. The van der Waals surface area contributed by atoms with Crippen LogP contribution in [0.5, 0.6) is 0 Å². The predicted octanol–water partition coefficient (Wildman–Crippen LogP) is 4.50. The molecule has 0 saturated carbocycles. The van der Waals surface area contributed by atoms with Gasteiger partial charge in [-0.2, -0.15) is 5.10 Å². The maximum absolute atomic E-state index is 13.2. The van der Waals surface area contributed by atoms with Crippen molar-refractivity contribution < 1.29 is 4.79 Å². The Hall–Kier alpha value is -3.80. The molecule has 162 valence electrons. The Labute approximate surface area is 188 Å². The molecule has 32 heavy (non-hydrogen) atoms. The third-order valence-corrected chi connectivity index (χ3v) is 6.08.